The fourth-order valence-corrected chi connectivity index (χ4v) is 4.29. The summed E-state index contributed by atoms with van der Waals surface area (Å²) < 4.78 is 0. The van der Waals surface area contributed by atoms with E-state index in [-0.39, 0.29) is 5.41 Å². The van der Waals surface area contributed by atoms with E-state index in [1.54, 1.807) is 0 Å². The zero-order valence-corrected chi connectivity index (χ0v) is 16.1. The molecule has 0 spiro atoms. The Morgan fingerprint density at radius 2 is 1.11 bits per heavy atom. The molecule has 0 bridgehead atoms. The summed E-state index contributed by atoms with van der Waals surface area (Å²) in [4.78, 5) is 6.50. The van der Waals surface area contributed by atoms with Crippen molar-refractivity contribution in [2.24, 2.45) is 0 Å². The van der Waals surface area contributed by atoms with Gasteiger partial charge >= 0.3 is 0 Å². The molecule has 2 nitrogen and oxygen atoms in total. The van der Waals surface area contributed by atoms with Crippen LogP contribution in [0.4, 0.5) is 17.1 Å². The molecule has 0 amide bonds. The number of anilines is 3. The van der Waals surface area contributed by atoms with E-state index in [9.17, 15) is 0 Å². The SMILES string of the molecule is CC1(C)c2ccccc2N(c2ccc(-c3ccncc3)cc2)c2ccccc21. The second-order valence-corrected chi connectivity index (χ2v) is 7.78. The van der Waals surface area contributed by atoms with Crippen molar-refractivity contribution < 1.29 is 0 Å². The molecule has 5 rings (SSSR count). The van der Waals surface area contributed by atoms with Crippen molar-refractivity contribution in [2.75, 3.05) is 4.90 Å². The third-order valence-electron chi connectivity index (χ3n) is 5.78. The Balaban J connectivity index is 1.67. The second kappa shape index (κ2) is 6.35. The minimum Gasteiger partial charge on any atom is -0.310 e. The molecule has 28 heavy (non-hydrogen) atoms. The number of hydrogen-bond acceptors (Lipinski definition) is 2. The smallest absolute Gasteiger partial charge is 0.0502 e. The van der Waals surface area contributed by atoms with Crippen molar-refractivity contribution in [3.8, 4) is 11.1 Å². The monoisotopic (exact) mass is 362 g/mol. The summed E-state index contributed by atoms with van der Waals surface area (Å²) >= 11 is 0. The Hall–Kier alpha value is -3.39. The zero-order chi connectivity index (χ0) is 19.1. The molecule has 0 unspecified atom stereocenters. The number of pyridine rings is 1. The summed E-state index contributed by atoms with van der Waals surface area (Å²) in [6, 6.07) is 30.4. The summed E-state index contributed by atoms with van der Waals surface area (Å²) in [5.41, 5.74) is 8.74. The lowest BCUT2D eigenvalue weighted by Crippen LogP contribution is -2.30. The Morgan fingerprint density at radius 1 is 0.607 bits per heavy atom. The molecule has 136 valence electrons. The van der Waals surface area contributed by atoms with E-state index in [1.807, 2.05) is 24.5 Å². The van der Waals surface area contributed by atoms with Crippen LogP contribution in [0.2, 0.25) is 0 Å². The van der Waals surface area contributed by atoms with Crippen LogP contribution in [0.15, 0.2) is 97.3 Å². The Labute approximate surface area is 166 Å². The second-order valence-electron chi connectivity index (χ2n) is 7.78. The van der Waals surface area contributed by atoms with Crippen molar-refractivity contribution in [2.45, 2.75) is 19.3 Å². The van der Waals surface area contributed by atoms with Crippen molar-refractivity contribution in [1.29, 1.82) is 0 Å². The maximum absolute atomic E-state index is 4.12. The largest absolute Gasteiger partial charge is 0.310 e. The fraction of sp³-hybridized carbons (Fsp3) is 0.115. The van der Waals surface area contributed by atoms with Crippen molar-refractivity contribution in [1.82, 2.24) is 4.98 Å². The van der Waals surface area contributed by atoms with E-state index in [0.717, 1.165) is 0 Å². The highest BCUT2D eigenvalue weighted by Gasteiger charge is 2.36. The average Bonchev–Trinajstić information content (AvgIpc) is 2.75. The van der Waals surface area contributed by atoms with Crippen LogP contribution in [0, 0.1) is 0 Å². The first-order valence-electron chi connectivity index (χ1n) is 9.66. The summed E-state index contributed by atoms with van der Waals surface area (Å²) in [5, 5.41) is 0. The van der Waals surface area contributed by atoms with Gasteiger partial charge in [0, 0.05) is 23.5 Å². The molecule has 2 heteroatoms. The summed E-state index contributed by atoms with van der Waals surface area (Å²) in [5.74, 6) is 0. The molecule has 0 atom stereocenters. The Morgan fingerprint density at radius 3 is 1.68 bits per heavy atom. The van der Waals surface area contributed by atoms with Crippen LogP contribution in [-0.4, -0.2) is 4.98 Å². The van der Waals surface area contributed by atoms with E-state index in [0.29, 0.717) is 0 Å². The van der Waals surface area contributed by atoms with Crippen molar-refractivity contribution in [3.63, 3.8) is 0 Å². The van der Waals surface area contributed by atoms with Gasteiger partial charge in [0.15, 0.2) is 0 Å². The molecule has 1 aliphatic heterocycles. The van der Waals surface area contributed by atoms with Gasteiger partial charge < -0.3 is 4.90 Å². The van der Waals surface area contributed by atoms with Gasteiger partial charge in [0.05, 0.1) is 11.4 Å². The quantitative estimate of drug-likeness (QED) is 0.387. The van der Waals surface area contributed by atoms with Crippen LogP contribution < -0.4 is 4.90 Å². The Bertz CT molecular complexity index is 1080. The van der Waals surface area contributed by atoms with Crippen LogP contribution in [0.1, 0.15) is 25.0 Å². The molecular formula is C26H22N2. The molecule has 2 heterocycles. The molecule has 0 saturated heterocycles. The highest BCUT2D eigenvalue weighted by molar-refractivity contribution is 5.86. The fourth-order valence-electron chi connectivity index (χ4n) is 4.29. The van der Waals surface area contributed by atoms with Crippen LogP contribution in [-0.2, 0) is 5.41 Å². The maximum Gasteiger partial charge on any atom is 0.0502 e. The van der Waals surface area contributed by atoms with Crippen LogP contribution >= 0.6 is 0 Å². The van der Waals surface area contributed by atoms with Gasteiger partial charge in [-0.1, -0.05) is 62.4 Å². The predicted molar refractivity (Wildman–Crippen MR) is 116 cm³/mol. The maximum atomic E-state index is 4.12. The predicted octanol–water partition coefficient (Wildman–Crippen LogP) is 6.86. The van der Waals surface area contributed by atoms with Gasteiger partial charge in [-0.2, -0.15) is 0 Å². The first-order chi connectivity index (χ1) is 13.7. The molecule has 1 aliphatic rings. The summed E-state index contributed by atoms with van der Waals surface area (Å²) in [7, 11) is 0. The average molecular weight is 362 g/mol. The molecule has 0 fully saturated rings. The highest BCUT2D eigenvalue weighted by Crippen LogP contribution is 2.51. The third kappa shape index (κ3) is 2.53. The summed E-state index contributed by atoms with van der Waals surface area (Å²) in [6.07, 6.45) is 3.67. The topological polar surface area (TPSA) is 16.1 Å². The molecule has 0 N–H and O–H groups in total. The first kappa shape index (κ1) is 16.8. The van der Waals surface area contributed by atoms with Gasteiger partial charge in [0.2, 0.25) is 0 Å². The van der Waals surface area contributed by atoms with Crippen LogP contribution in [0.5, 0.6) is 0 Å². The minimum atomic E-state index is -0.0271. The number of rotatable bonds is 2. The highest BCUT2D eigenvalue weighted by atomic mass is 15.2. The van der Waals surface area contributed by atoms with Gasteiger partial charge in [-0.15, -0.1) is 0 Å². The lowest BCUT2D eigenvalue weighted by Gasteiger charge is -2.42. The van der Waals surface area contributed by atoms with Crippen LogP contribution in [0.25, 0.3) is 11.1 Å². The molecule has 0 saturated carbocycles. The van der Waals surface area contributed by atoms with Gasteiger partial charge in [0.25, 0.3) is 0 Å². The van der Waals surface area contributed by atoms with Gasteiger partial charge in [-0.05, 0) is 58.7 Å². The number of para-hydroxylation sites is 2. The minimum absolute atomic E-state index is 0.0271. The van der Waals surface area contributed by atoms with Gasteiger partial charge in [0.1, 0.15) is 0 Å². The summed E-state index contributed by atoms with van der Waals surface area (Å²) in [6.45, 7) is 4.63. The molecule has 1 aromatic heterocycles. The number of aromatic nitrogens is 1. The van der Waals surface area contributed by atoms with E-state index < -0.39 is 0 Å². The molecule has 0 radical (unpaired) electrons. The molecule has 3 aromatic carbocycles. The lowest BCUT2D eigenvalue weighted by atomic mass is 9.73. The van der Waals surface area contributed by atoms with E-state index in [4.69, 9.17) is 0 Å². The van der Waals surface area contributed by atoms with Crippen molar-refractivity contribution in [3.05, 3.63) is 108 Å². The number of nitrogens with zero attached hydrogens (tertiary/aromatic N) is 2. The Kier molecular flexibility index (Phi) is 3.80. The molecule has 0 aliphatic carbocycles. The van der Waals surface area contributed by atoms with E-state index in [2.05, 4.69) is 96.5 Å². The number of fused-ring (bicyclic) bond motifs is 2. The van der Waals surface area contributed by atoms with E-state index >= 15 is 0 Å². The molecule has 4 aromatic rings. The van der Waals surface area contributed by atoms with Gasteiger partial charge in [-0.25, -0.2) is 0 Å². The van der Waals surface area contributed by atoms with Crippen LogP contribution in [0.3, 0.4) is 0 Å². The third-order valence-corrected chi connectivity index (χ3v) is 5.78. The van der Waals surface area contributed by atoms with Gasteiger partial charge in [-0.3, -0.25) is 4.98 Å². The molecular weight excluding hydrogens is 340 g/mol. The first-order valence-corrected chi connectivity index (χ1v) is 9.66. The standard InChI is InChI=1S/C26H22N2/c1-26(2)22-7-3-5-9-24(22)28(25-10-6-4-8-23(25)26)21-13-11-19(12-14-21)20-15-17-27-18-16-20/h3-18H,1-2H3. The number of hydrogen-bond donors (Lipinski definition) is 0. The number of benzene rings is 3. The van der Waals surface area contributed by atoms with E-state index in [1.165, 1.54) is 39.3 Å². The van der Waals surface area contributed by atoms with Crippen molar-refractivity contribution >= 4 is 17.1 Å². The normalized spacial score (nSPS) is 14.3. The lowest BCUT2D eigenvalue weighted by molar-refractivity contribution is 0.632. The zero-order valence-electron chi connectivity index (χ0n) is 16.1.